The minimum atomic E-state index is 0.234. The molecular formula is C18H30N2. The maximum absolute atomic E-state index is 3.66. The van der Waals surface area contributed by atoms with Crippen molar-refractivity contribution >= 4 is 0 Å². The van der Waals surface area contributed by atoms with Crippen LogP contribution in [0.2, 0.25) is 0 Å². The van der Waals surface area contributed by atoms with Crippen LogP contribution in [0.1, 0.15) is 45.6 Å². The Hall–Kier alpha value is -0.860. The number of aryl methyl sites for hydroxylation is 1. The summed E-state index contributed by atoms with van der Waals surface area (Å²) in [6, 6.07) is 11.6. The Bertz CT molecular complexity index is 380. The molecule has 2 nitrogen and oxygen atoms in total. The van der Waals surface area contributed by atoms with Gasteiger partial charge in [0.05, 0.1) is 0 Å². The zero-order valence-electron chi connectivity index (χ0n) is 13.4. The van der Waals surface area contributed by atoms with Crippen LogP contribution in [-0.2, 0) is 6.42 Å². The minimum absolute atomic E-state index is 0.234. The largest absolute Gasteiger partial charge is 0.311 e. The summed E-state index contributed by atoms with van der Waals surface area (Å²) in [5.74, 6) is 0. The van der Waals surface area contributed by atoms with E-state index in [2.05, 4.69) is 61.3 Å². The molecule has 1 aromatic rings. The fraction of sp³-hybridized carbons (Fsp3) is 0.667. The van der Waals surface area contributed by atoms with Crippen molar-refractivity contribution in [3.05, 3.63) is 35.9 Å². The molecule has 0 amide bonds. The molecule has 0 radical (unpaired) electrons. The fourth-order valence-electron chi connectivity index (χ4n) is 2.98. The fourth-order valence-corrected chi connectivity index (χ4v) is 2.98. The van der Waals surface area contributed by atoms with E-state index in [1.54, 1.807) is 0 Å². The standard InChI is InChI=1S/C18H30N2/c1-18(2,3)19-15-17-12-8-14-20(17)13-7-11-16-9-5-4-6-10-16/h4-6,9-10,17,19H,7-8,11-15H2,1-3H3. The van der Waals surface area contributed by atoms with E-state index in [-0.39, 0.29) is 5.54 Å². The lowest BCUT2D eigenvalue weighted by molar-refractivity contribution is 0.231. The third-order valence-electron chi connectivity index (χ3n) is 4.12. The van der Waals surface area contributed by atoms with E-state index in [1.165, 1.54) is 44.3 Å². The molecule has 1 fully saturated rings. The number of hydrogen-bond donors (Lipinski definition) is 1. The van der Waals surface area contributed by atoms with E-state index in [0.29, 0.717) is 0 Å². The van der Waals surface area contributed by atoms with Gasteiger partial charge in [0.2, 0.25) is 0 Å². The second-order valence-electron chi connectivity index (χ2n) is 7.05. The van der Waals surface area contributed by atoms with Gasteiger partial charge in [0.25, 0.3) is 0 Å². The lowest BCUT2D eigenvalue weighted by Gasteiger charge is -2.29. The Kier molecular flexibility index (Phi) is 5.62. The first kappa shape index (κ1) is 15.5. The van der Waals surface area contributed by atoms with Crippen LogP contribution >= 0.6 is 0 Å². The summed E-state index contributed by atoms with van der Waals surface area (Å²) in [6.07, 6.45) is 5.20. The molecule has 1 heterocycles. The Labute approximate surface area is 124 Å². The van der Waals surface area contributed by atoms with Gasteiger partial charge in [-0.15, -0.1) is 0 Å². The van der Waals surface area contributed by atoms with Crippen LogP contribution in [0.25, 0.3) is 0 Å². The number of benzene rings is 1. The molecule has 1 saturated heterocycles. The Morgan fingerprint density at radius 3 is 2.65 bits per heavy atom. The predicted molar refractivity (Wildman–Crippen MR) is 87.1 cm³/mol. The molecule has 0 spiro atoms. The maximum atomic E-state index is 3.66. The van der Waals surface area contributed by atoms with Crippen molar-refractivity contribution in [1.82, 2.24) is 10.2 Å². The van der Waals surface area contributed by atoms with Crippen molar-refractivity contribution in [1.29, 1.82) is 0 Å². The van der Waals surface area contributed by atoms with Gasteiger partial charge in [0.15, 0.2) is 0 Å². The van der Waals surface area contributed by atoms with Gasteiger partial charge in [0, 0.05) is 18.1 Å². The van der Waals surface area contributed by atoms with Gasteiger partial charge in [0.1, 0.15) is 0 Å². The molecule has 0 aromatic heterocycles. The van der Waals surface area contributed by atoms with Gasteiger partial charge in [-0.2, -0.15) is 0 Å². The lowest BCUT2D eigenvalue weighted by atomic mass is 10.1. The average Bonchev–Trinajstić information content (AvgIpc) is 2.84. The topological polar surface area (TPSA) is 15.3 Å². The van der Waals surface area contributed by atoms with Gasteiger partial charge in [-0.3, -0.25) is 4.90 Å². The molecule has 1 aliphatic heterocycles. The molecule has 20 heavy (non-hydrogen) atoms. The second kappa shape index (κ2) is 7.24. The van der Waals surface area contributed by atoms with E-state index >= 15 is 0 Å². The highest BCUT2D eigenvalue weighted by atomic mass is 15.2. The van der Waals surface area contributed by atoms with Gasteiger partial charge in [-0.25, -0.2) is 0 Å². The molecule has 1 unspecified atom stereocenters. The van der Waals surface area contributed by atoms with Crippen LogP contribution in [0.4, 0.5) is 0 Å². The third-order valence-corrected chi connectivity index (χ3v) is 4.12. The zero-order chi connectivity index (χ0) is 14.4. The van der Waals surface area contributed by atoms with E-state index in [0.717, 1.165) is 12.6 Å². The number of rotatable bonds is 6. The van der Waals surface area contributed by atoms with Crippen molar-refractivity contribution in [2.45, 2.75) is 58.0 Å². The van der Waals surface area contributed by atoms with Crippen molar-refractivity contribution < 1.29 is 0 Å². The third kappa shape index (κ3) is 5.26. The first-order valence-electron chi connectivity index (χ1n) is 8.07. The van der Waals surface area contributed by atoms with Crippen LogP contribution in [0.15, 0.2) is 30.3 Å². The number of hydrogen-bond acceptors (Lipinski definition) is 2. The van der Waals surface area contributed by atoms with Crippen molar-refractivity contribution in [2.75, 3.05) is 19.6 Å². The Morgan fingerprint density at radius 1 is 1.20 bits per heavy atom. The Morgan fingerprint density at radius 2 is 1.95 bits per heavy atom. The molecule has 1 N–H and O–H groups in total. The predicted octanol–water partition coefficient (Wildman–Crippen LogP) is 3.47. The van der Waals surface area contributed by atoms with Gasteiger partial charge in [-0.1, -0.05) is 30.3 Å². The molecule has 0 aliphatic carbocycles. The summed E-state index contributed by atoms with van der Waals surface area (Å²) in [7, 11) is 0. The highest BCUT2D eigenvalue weighted by Crippen LogP contribution is 2.18. The lowest BCUT2D eigenvalue weighted by Crippen LogP contribution is -2.45. The summed E-state index contributed by atoms with van der Waals surface area (Å²) in [4.78, 5) is 2.68. The normalized spacial score (nSPS) is 20.4. The average molecular weight is 274 g/mol. The first-order valence-corrected chi connectivity index (χ1v) is 8.07. The summed E-state index contributed by atoms with van der Waals surface area (Å²) >= 11 is 0. The van der Waals surface area contributed by atoms with Crippen LogP contribution < -0.4 is 5.32 Å². The molecule has 112 valence electrons. The Balaban J connectivity index is 1.71. The molecule has 0 bridgehead atoms. The SMILES string of the molecule is CC(C)(C)NCC1CCCN1CCCc1ccccc1. The summed E-state index contributed by atoms with van der Waals surface area (Å²) in [5, 5.41) is 3.66. The monoisotopic (exact) mass is 274 g/mol. The van der Waals surface area contributed by atoms with E-state index in [1.807, 2.05) is 0 Å². The van der Waals surface area contributed by atoms with Crippen LogP contribution in [0.3, 0.4) is 0 Å². The van der Waals surface area contributed by atoms with Gasteiger partial charge >= 0.3 is 0 Å². The maximum Gasteiger partial charge on any atom is 0.0221 e. The van der Waals surface area contributed by atoms with Crippen LogP contribution in [0, 0.1) is 0 Å². The molecule has 2 rings (SSSR count). The molecular weight excluding hydrogens is 244 g/mol. The van der Waals surface area contributed by atoms with Gasteiger partial charge in [-0.05, 0) is 65.1 Å². The highest BCUT2D eigenvalue weighted by Gasteiger charge is 2.24. The minimum Gasteiger partial charge on any atom is -0.311 e. The highest BCUT2D eigenvalue weighted by molar-refractivity contribution is 5.14. The van der Waals surface area contributed by atoms with Crippen LogP contribution in [-0.4, -0.2) is 36.1 Å². The summed E-state index contributed by atoms with van der Waals surface area (Å²) < 4.78 is 0. The van der Waals surface area contributed by atoms with Crippen LogP contribution in [0.5, 0.6) is 0 Å². The van der Waals surface area contributed by atoms with Gasteiger partial charge < -0.3 is 5.32 Å². The number of nitrogens with zero attached hydrogens (tertiary/aromatic N) is 1. The number of likely N-dealkylation sites (tertiary alicyclic amines) is 1. The molecule has 0 saturated carbocycles. The first-order chi connectivity index (χ1) is 9.54. The number of nitrogens with one attached hydrogen (secondary N) is 1. The smallest absolute Gasteiger partial charge is 0.0221 e. The molecule has 1 aromatic carbocycles. The second-order valence-corrected chi connectivity index (χ2v) is 7.05. The molecule has 1 atom stereocenters. The zero-order valence-corrected chi connectivity index (χ0v) is 13.4. The summed E-state index contributed by atoms with van der Waals surface area (Å²) in [5.41, 5.74) is 1.70. The summed E-state index contributed by atoms with van der Waals surface area (Å²) in [6.45, 7) is 10.4. The van der Waals surface area contributed by atoms with E-state index in [9.17, 15) is 0 Å². The molecule has 2 heteroatoms. The molecule has 1 aliphatic rings. The van der Waals surface area contributed by atoms with E-state index in [4.69, 9.17) is 0 Å². The van der Waals surface area contributed by atoms with E-state index < -0.39 is 0 Å². The quantitative estimate of drug-likeness (QED) is 0.854. The van der Waals surface area contributed by atoms with Crippen molar-refractivity contribution in [3.8, 4) is 0 Å². The van der Waals surface area contributed by atoms with Crippen molar-refractivity contribution in [3.63, 3.8) is 0 Å². The van der Waals surface area contributed by atoms with Crippen molar-refractivity contribution in [2.24, 2.45) is 0 Å².